The molecular weight excluding hydrogens is 403 g/mol. The molecule has 0 aromatic heterocycles. The lowest BCUT2D eigenvalue weighted by atomic mass is 9.92. The Morgan fingerprint density at radius 2 is 1.97 bits per heavy atom. The molecule has 1 heterocycles. The van der Waals surface area contributed by atoms with Gasteiger partial charge in [-0.15, -0.1) is 0 Å². The average molecular weight is 428 g/mol. The molecule has 2 aliphatic rings. The third-order valence-electron chi connectivity index (χ3n) is 5.22. The zero-order valence-electron chi connectivity index (χ0n) is 16.2. The van der Waals surface area contributed by atoms with Crippen molar-refractivity contribution >= 4 is 17.5 Å². The Bertz CT molecular complexity index is 802. The lowest BCUT2D eigenvalue weighted by Gasteiger charge is -2.23. The van der Waals surface area contributed by atoms with E-state index in [1.165, 1.54) is 5.57 Å². The Kier molecular flexibility index (Phi) is 6.90. The Hall–Kier alpha value is -1.99. The zero-order valence-corrected chi connectivity index (χ0v) is 17.0. The standard InChI is InChI=1S/C21H25ClF3N3O/c1-13(21(23,24)25)28-19(29)10-14-2-4-15(5-3-14)12-27-20-17-6-7-26-11-16(8-17)9-18(20)22/h2-5,9,13,16,26-27H,6-8,10-12H2,1H3,(H,28,29)/t13?,16-/m1/s1. The van der Waals surface area contributed by atoms with Gasteiger partial charge in [-0.1, -0.05) is 41.9 Å². The fraction of sp³-hybridized carbons (Fsp3) is 0.476. The summed E-state index contributed by atoms with van der Waals surface area (Å²) < 4.78 is 37.6. The fourth-order valence-electron chi connectivity index (χ4n) is 3.56. The molecule has 0 saturated carbocycles. The summed E-state index contributed by atoms with van der Waals surface area (Å²) in [4.78, 5) is 11.8. The highest BCUT2D eigenvalue weighted by Crippen LogP contribution is 2.32. The summed E-state index contributed by atoms with van der Waals surface area (Å²) in [5.74, 6) is -0.209. The molecule has 3 rings (SSSR count). The molecule has 2 atom stereocenters. The quantitative estimate of drug-likeness (QED) is 0.647. The van der Waals surface area contributed by atoms with E-state index in [1.54, 1.807) is 12.1 Å². The first-order chi connectivity index (χ1) is 13.7. The van der Waals surface area contributed by atoms with Gasteiger partial charge in [0.2, 0.25) is 5.91 Å². The first kappa shape index (κ1) is 21.7. The van der Waals surface area contributed by atoms with E-state index in [-0.39, 0.29) is 6.42 Å². The normalized spacial score (nSPS) is 20.6. The number of fused-ring (bicyclic) bond motifs is 2. The van der Waals surface area contributed by atoms with Crippen LogP contribution in [0.1, 0.15) is 30.9 Å². The fourth-order valence-corrected chi connectivity index (χ4v) is 3.93. The van der Waals surface area contributed by atoms with Crippen molar-refractivity contribution in [3.63, 3.8) is 0 Å². The van der Waals surface area contributed by atoms with E-state index >= 15 is 0 Å². The van der Waals surface area contributed by atoms with Crippen molar-refractivity contribution in [3.05, 3.63) is 57.8 Å². The monoisotopic (exact) mass is 427 g/mol. The molecule has 158 valence electrons. The summed E-state index contributed by atoms with van der Waals surface area (Å²) in [6.45, 7) is 3.40. The van der Waals surface area contributed by atoms with Crippen molar-refractivity contribution in [1.29, 1.82) is 0 Å². The molecule has 1 fully saturated rings. The zero-order chi connectivity index (χ0) is 21.0. The highest BCUT2D eigenvalue weighted by molar-refractivity contribution is 6.32. The Balaban J connectivity index is 1.55. The van der Waals surface area contributed by atoms with E-state index in [0.29, 0.717) is 18.0 Å². The van der Waals surface area contributed by atoms with Crippen molar-refractivity contribution in [3.8, 4) is 0 Å². The summed E-state index contributed by atoms with van der Waals surface area (Å²) >= 11 is 6.47. The van der Waals surface area contributed by atoms with Gasteiger partial charge in [0.15, 0.2) is 0 Å². The summed E-state index contributed by atoms with van der Waals surface area (Å²) in [7, 11) is 0. The second-order valence-electron chi connectivity index (χ2n) is 7.59. The number of alkyl halides is 3. The maximum atomic E-state index is 12.5. The maximum Gasteiger partial charge on any atom is 0.408 e. The van der Waals surface area contributed by atoms with E-state index < -0.39 is 18.1 Å². The molecule has 2 bridgehead atoms. The van der Waals surface area contributed by atoms with Crippen molar-refractivity contribution in [2.45, 2.75) is 44.9 Å². The van der Waals surface area contributed by atoms with Gasteiger partial charge in [0.1, 0.15) is 6.04 Å². The van der Waals surface area contributed by atoms with Gasteiger partial charge in [-0.2, -0.15) is 13.2 Å². The van der Waals surface area contributed by atoms with E-state index in [1.807, 2.05) is 17.4 Å². The van der Waals surface area contributed by atoms with Gasteiger partial charge >= 0.3 is 6.18 Å². The number of carbonyl (C=O) groups is 1. The van der Waals surface area contributed by atoms with Gasteiger partial charge in [0.25, 0.3) is 0 Å². The largest absolute Gasteiger partial charge is 0.408 e. The van der Waals surface area contributed by atoms with Crippen LogP contribution in [0.15, 0.2) is 46.6 Å². The van der Waals surface area contributed by atoms with Crippen LogP contribution in [0.3, 0.4) is 0 Å². The molecule has 0 radical (unpaired) electrons. The highest BCUT2D eigenvalue weighted by atomic mass is 35.5. The first-order valence-electron chi connectivity index (χ1n) is 9.70. The first-order valence-corrected chi connectivity index (χ1v) is 10.1. The molecule has 1 aliphatic carbocycles. The van der Waals surface area contributed by atoms with E-state index in [9.17, 15) is 18.0 Å². The Labute approximate surface area is 173 Å². The summed E-state index contributed by atoms with van der Waals surface area (Å²) in [5, 5.41) is 9.57. The van der Waals surface area contributed by atoms with Crippen LogP contribution < -0.4 is 16.0 Å². The van der Waals surface area contributed by atoms with Crippen LogP contribution >= 0.6 is 11.6 Å². The molecule has 4 nitrogen and oxygen atoms in total. The summed E-state index contributed by atoms with van der Waals surface area (Å²) in [6, 6.07) is 5.39. The number of benzene rings is 1. The number of hydrogen-bond donors (Lipinski definition) is 3. The minimum Gasteiger partial charge on any atom is -0.380 e. The van der Waals surface area contributed by atoms with Gasteiger partial charge in [0, 0.05) is 13.1 Å². The molecule has 3 N–H and O–H groups in total. The van der Waals surface area contributed by atoms with Crippen molar-refractivity contribution in [2.75, 3.05) is 13.1 Å². The van der Waals surface area contributed by atoms with Crippen LogP contribution in [0.25, 0.3) is 0 Å². The molecular formula is C21H25ClF3N3O. The molecule has 1 saturated heterocycles. The molecule has 1 amide bonds. The molecule has 1 aromatic carbocycles. The minimum absolute atomic E-state index is 0.0909. The van der Waals surface area contributed by atoms with Crippen LogP contribution in [0.5, 0.6) is 0 Å². The number of hydrogen-bond acceptors (Lipinski definition) is 3. The van der Waals surface area contributed by atoms with E-state index in [4.69, 9.17) is 11.6 Å². The predicted molar refractivity (Wildman–Crippen MR) is 107 cm³/mol. The van der Waals surface area contributed by atoms with Crippen LogP contribution in [0.2, 0.25) is 0 Å². The lowest BCUT2D eigenvalue weighted by molar-refractivity contribution is -0.157. The molecule has 29 heavy (non-hydrogen) atoms. The van der Waals surface area contributed by atoms with Crippen LogP contribution in [0, 0.1) is 5.92 Å². The number of nitrogens with one attached hydrogen (secondary N) is 3. The lowest BCUT2D eigenvalue weighted by Crippen LogP contribution is -2.43. The van der Waals surface area contributed by atoms with Crippen LogP contribution in [-0.4, -0.2) is 31.2 Å². The molecule has 8 heteroatoms. The average Bonchev–Trinajstić information content (AvgIpc) is 2.84. The Morgan fingerprint density at radius 1 is 1.28 bits per heavy atom. The molecule has 0 spiro atoms. The number of allylic oxidation sites excluding steroid dienone is 1. The predicted octanol–water partition coefficient (Wildman–Crippen LogP) is 3.78. The second-order valence-corrected chi connectivity index (χ2v) is 8.00. The Morgan fingerprint density at radius 3 is 2.66 bits per heavy atom. The molecule has 1 aliphatic heterocycles. The van der Waals surface area contributed by atoms with Gasteiger partial charge in [-0.3, -0.25) is 4.79 Å². The van der Waals surface area contributed by atoms with E-state index in [2.05, 4.69) is 16.7 Å². The second kappa shape index (κ2) is 9.22. The SMILES string of the molecule is CC(NC(=O)Cc1ccc(CNC2=C3CCNC[C@@H](C=C2Cl)C3)cc1)C(F)(F)F. The summed E-state index contributed by atoms with van der Waals surface area (Å²) in [5.41, 5.74) is 4.00. The third kappa shape index (κ3) is 6.00. The van der Waals surface area contributed by atoms with Gasteiger partial charge in [-0.05, 0) is 48.9 Å². The van der Waals surface area contributed by atoms with Crippen molar-refractivity contribution in [1.82, 2.24) is 16.0 Å². The number of carbonyl (C=O) groups excluding carboxylic acids is 1. The third-order valence-corrected chi connectivity index (χ3v) is 5.53. The van der Waals surface area contributed by atoms with Gasteiger partial charge < -0.3 is 16.0 Å². The van der Waals surface area contributed by atoms with Crippen molar-refractivity contribution in [2.24, 2.45) is 5.92 Å². The smallest absolute Gasteiger partial charge is 0.380 e. The van der Waals surface area contributed by atoms with Crippen LogP contribution in [-0.2, 0) is 17.8 Å². The number of amides is 1. The minimum atomic E-state index is -4.44. The van der Waals surface area contributed by atoms with Crippen LogP contribution in [0.4, 0.5) is 13.2 Å². The van der Waals surface area contributed by atoms with E-state index in [0.717, 1.165) is 49.1 Å². The van der Waals surface area contributed by atoms with Gasteiger partial charge in [-0.25, -0.2) is 0 Å². The highest BCUT2D eigenvalue weighted by Gasteiger charge is 2.36. The van der Waals surface area contributed by atoms with Gasteiger partial charge in [0.05, 0.1) is 17.2 Å². The molecule has 1 unspecified atom stereocenters. The maximum absolute atomic E-state index is 12.5. The topological polar surface area (TPSA) is 53.2 Å². The number of halogens is 4. The molecule has 1 aromatic rings. The number of rotatable bonds is 6. The summed E-state index contributed by atoms with van der Waals surface area (Å²) in [6.07, 6.45) is -0.464. The van der Waals surface area contributed by atoms with Crippen molar-refractivity contribution < 1.29 is 18.0 Å².